The van der Waals surface area contributed by atoms with Crippen LogP contribution in [0, 0.1) is 11.8 Å². The number of carbonyl (C=O) groups is 1. The summed E-state index contributed by atoms with van der Waals surface area (Å²) in [6.07, 6.45) is 1.80. The zero-order chi connectivity index (χ0) is 9.84. The van der Waals surface area contributed by atoms with Crippen LogP contribution in [0.5, 0.6) is 0 Å². The van der Waals surface area contributed by atoms with Crippen LogP contribution in [-0.2, 0) is 9.53 Å². The summed E-state index contributed by atoms with van der Waals surface area (Å²) in [4.78, 5) is 10.3. The van der Waals surface area contributed by atoms with Gasteiger partial charge in [-0.3, -0.25) is 4.79 Å². The minimum atomic E-state index is -2.80. The van der Waals surface area contributed by atoms with E-state index in [0.29, 0.717) is 0 Å². The molecule has 13 heavy (non-hydrogen) atoms. The van der Waals surface area contributed by atoms with E-state index in [1.165, 1.54) is 0 Å². The van der Waals surface area contributed by atoms with Gasteiger partial charge in [-0.1, -0.05) is 0 Å². The second kappa shape index (κ2) is 4.50. The van der Waals surface area contributed by atoms with E-state index in [2.05, 4.69) is 4.74 Å². The lowest BCUT2D eigenvalue weighted by Gasteiger charge is -2.13. The maximum Gasteiger partial charge on any atom is 0.345 e. The molecule has 0 aromatic rings. The molecule has 1 saturated carbocycles. The van der Waals surface area contributed by atoms with Gasteiger partial charge in [0.05, 0.1) is 13.0 Å². The quantitative estimate of drug-likeness (QED) is 0.700. The number of aliphatic carboxylic acids is 1. The molecule has 0 aromatic heterocycles. The van der Waals surface area contributed by atoms with Crippen LogP contribution in [0.1, 0.15) is 19.3 Å². The van der Waals surface area contributed by atoms with Gasteiger partial charge in [0.25, 0.3) is 0 Å². The van der Waals surface area contributed by atoms with E-state index in [0.717, 1.165) is 12.8 Å². The summed E-state index contributed by atoms with van der Waals surface area (Å²) in [5.41, 5.74) is 0. The van der Waals surface area contributed by atoms with Crippen molar-refractivity contribution in [3.05, 3.63) is 0 Å². The van der Waals surface area contributed by atoms with Gasteiger partial charge < -0.3 is 9.84 Å². The first-order valence-electron chi connectivity index (χ1n) is 4.21. The van der Waals surface area contributed by atoms with Crippen molar-refractivity contribution < 1.29 is 23.4 Å². The Morgan fingerprint density at radius 3 is 2.54 bits per heavy atom. The van der Waals surface area contributed by atoms with Crippen molar-refractivity contribution in [1.29, 1.82) is 0 Å². The molecule has 0 spiro atoms. The van der Waals surface area contributed by atoms with Gasteiger partial charge in [0, 0.05) is 0 Å². The molecule has 1 unspecified atom stereocenters. The highest BCUT2D eigenvalue weighted by Gasteiger charge is 2.33. The second-order valence-corrected chi connectivity index (χ2v) is 3.29. The molecule has 0 bridgehead atoms. The van der Waals surface area contributed by atoms with Crippen LogP contribution in [0.15, 0.2) is 0 Å². The van der Waals surface area contributed by atoms with Crippen LogP contribution in [0.4, 0.5) is 8.78 Å². The van der Waals surface area contributed by atoms with Crippen LogP contribution in [0.2, 0.25) is 0 Å². The third kappa shape index (κ3) is 4.17. The van der Waals surface area contributed by atoms with Crippen molar-refractivity contribution in [2.75, 3.05) is 6.61 Å². The van der Waals surface area contributed by atoms with Gasteiger partial charge in [-0.25, -0.2) is 0 Å². The molecule has 0 radical (unpaired) electrons. The maximum atomic E-state index is 11.6. The van der Waals surface area contributed by atoms with Crippen LogP contribution in [0.25, 0.3) is 0 Å². The van der Waals surface area contributed by atoms with Gasteiger partial charge in [0.1, 0.15) is 0 Å². The molecular weight excluding hydrogens is 182 g/mol. The van der Waals surface area contributed by atoms with Crippen molar-refractivity contribution in [2.24, 2.45) is 11.8 Å². The van der Waals surface area contributed by atoms with Crippen molar-refractivity contribution >= 4 is 5.97 Å². The second-order valence-electron chi connectivity index (χ2n) is 3.29. The predicted molar refractivity (Wildman–Crippen MR) is 40.4 cm³/mol. The van der Waals surface area contributed by atoms with Crippen LogP contribution in [-0.4, -0.2) is 24.3 Å². The van der Waals surface area contributed by atoms with E-state index in [1.54, 1.807) is 0 Å². The van der Waals surface area contributed by atoms with Gasteiger partial charge in [-0.05, 0) is 24.7 Å². The molecule has 3 nitrogen and oxygen atoms in total. The lowest BCUT2D eigenvalue weighted by Crippen LogP contribution is -2.18. The van der Waals surface area contributed by atoms with Gasteiger partial charge in [-0.2, -0.15) is 8.78 Å². The monoisotopic (exact) mass is 194 g/mol. The Hall–Kier alpha value is -0.710. The lowest BCUT2D eigenvalue weighted by atomic mass is 10.0. The van der Waals surface area contributed by atoms with Crippen molar-refractivity contribution in [2.45, 2.75) is 25.9 Å². The SMILES string of the molecule is O=C(O)CC(COC(F)F)C1CC1. The molecule has 1 aliphatic rings. The number of hydrogen-bond donors (Lipinski definition) is 1. The summed E-state index contributed by atoms with van der Waals surface area (Å²) in [7, 11) is 0. The predicted octanol–water partition coefficient (Wildman–Crippen LogP) is 1.73. The maximum absolute atomic E-state index is 11.6. The first kappa shape index (κ1) is 10.4. The lowest BCUT2D eigenvalue weighted by molar-refractivity contribution is -0.150. The molecule has 5 heteroatoms. The number of alkyl halides is 2. The standard InChI is InChI=1S/C8H12F2O3/c9-8(10)13-4-6(3-7(11)12)5-1-2-5/h5-6,8H,1-4H2,(H,11,12). The fourth-order valence-electron chi connectivity index (χ4n) is 1.35. The Morgan fingerprint density at radius 1 is 1.54 bits per heavy atom. The Kier molecular flexibility index (Phi) is 3.59. The van der Waals surface area contributed by atoms with Gasteiger partial charge in [0.2, 0.25) is 0 Å². The Balaban J connectivity index is 2.25. The summed E-state index contributed by atoms with van der Waals surface area (Å²) < 4.78 is 27.4. The minimum absolute atomic E-state index is 0.0720. The zero-order valence-corrected chi connectivity index (χ0v) is 7.08. The highest BCUT2D eigenvalue weighted by Crippen LogP contribution is 2.38. The van der Waals surface area contributed by atoms with Crippen LogP contribution >= 0.6 is 0 Å². The molecule has 0 amide bonds. The highest BCUT2D eigenvalue weighted by atomic mass is 19.3. The zero-order valence-electron chi connectivity index (χ0n) is 7.08. The number of hydrogen-bond acceptors (Lipinski definition) is 2. The number of ether oxygens (including phenoxy) is 1. The normalized spacial score (nSPS) is 19.0. The first-order valence-corrected chi connectivity index (χ1v) is 4.21. The molecule has 0 saturated heterocycles. The molecular formula is C8H12F2O3. The first-order chi connectivity index (χ1) is 6.09. The number of rotatable bonds is 6. The molecule has 1 atom stereocenters. The molecule has 0 aliphatic heterocycles. The molecule has 1 fully saturated rings. The molecule has 1 rings (SSSR count). The summed E-state index contributed by atoms with van der Waals surface area (Å²) in [6.45, 7) is -2.94. The molecule has 0 aromatic carbocycles. The molecule has 76 valence electrons. The van der Waals surface area contributed by atoms with Crippen molar-refractivity contribution in [3.8, 4) is 0 Å². The van der Waals surface area contributed by atoms with E-state index in [9.17, 15) is 13.6 Å². The smallest absolute Gasteiger partial charge is 0.345 e. The van der Waals surface area contributed by atoms with E-state index in [-0.39, 0.29) is 24.9 Å². The van der Waals surface area contributed by atoms with Crippen molar-refractivity contribution in [1.82, 2.24) is 0 Å². The highest BCUT2D eigenvalue weighted by molar-refractivity contribution is 5.67. The third-order valence-corrected chi connectivity index (χ3v) is 2.16. The minimum Gasteiger partial charge on any atom is -0.481 e. The van der Waals surface area contributed by atoms with E-state index in [4.69, 9.17) is 5.11 Å². The largest absolute Gasteiger partial charge is 0.481 e. The Morgan fingerprint density at radius 2 is 2.15 bits per heavy atom. The fourth-order valence-corrected chi connectivity index (χ4v) is 1.35. The van der Waals surface area contributed by atoms with E-state index < -0.39 is 12.6 Å². The van der Waals surface area contributed by atoms with E-state index >= 15 is 0 Å². The number of halogens is 2. The Bertz CT molecular complexity index is 180. The molecule has 0 heterocycles. The topological polar surface area (TPSA) is 46.5 Å². The summed E-state index contributed by atoms with van der Waals surface area (Å²) in [5.74, 6) is -0.920. The van der Waals surface area contributed by atoms with Gasteiger partial charge in [-0.15, -0.1) is 0 Å². The number of carboxylic acid groups (broad SMARTS) is 1. The van der Waals surface area contributed by atoms with Gasteiger partial charge in [0.15, 0.2) is 0 Å². The summed E-state index contributed by atoms with van der Waals surface area (Å²) in [6, 6.07) is 0. The Labute approximate surface area is 74.7 Å². The molecule has 1 N–H and O–H groups in total. The fraction of sp³-hybridized carbons (Fsp3) is 0.875. The average Bonchev–Trinajstić information content (AvgIpc) is 2.78. The molecule has 1 aliphatic carbocycles. The van der Waals surface area contributed by atoms with E-state index in [1.807, 2.05) is 0 Å². The summed E-state index contributed by atoms with van der Waals surface area (Å²) in [5, 5.41) is 8.48. The van der Waals surface area contributed by atoms with Crippen LogP contribution < -0.4 is 0 Å². The summed E-state index contributed by atoms with van der Waals surface area (Å²) >= 11 is 0. The van der Waals surface area contributed by atoms with Gasteiger partial charge >= 0.3 is 12.6 Å². The number of carboxylic acids is 1. The van der Waals surface area contributed by atoms with Crippen molar-refractivity contribution in [3.63, 3.8) is 0 Å². The van der Waals surface area contributed by atoms with Crippen LogP contribution in [0.3, 0.4) is 0 Å². The average molecular weight is 194 g/mol. The third-order valence-electron chi connectivity index (χ3n) is 2.16.